The summed E-state index contributed by atoms with van der Waals surface area (Å²) < 4.78 is 11.0. The zero-order valence-electron chi connectivity index (χ0n) is 15.2. The van der Waals surface area contributed by atoms with Gasteiger partial charge < -0.3 is 14.3 Å². The van der Waals surface area contributed by atoms with Crippen LogP contribution in [0.1, 0.15) is 27.4 Å². The zero-order valence-corrected chi connectivity index (χ0v) is 15.2. The molecule has 4 aromatic rings. The number of fused-ring (bicyclic) bond motifs is 1. The molecule has 0 fully saturated rings. The van der Waals surface area contributed by atoms with Gasteiger partial charge in [-0.2, -0.15) is 4.98 Å². The van der Waals surface area contributed by atoms with E-state index in [1.54, 1.807) is 0 Å². The molecule has 0 atom stereocenters. The average molecular weight is 361 g/mol. The minimum atomic E-state index is -0.394. The molecule has 0 aliphatic heterocycles. The van der Waals surface area contributed by atoms with Crippen molar-refractivity contribution in [2.24, 2.45) is 0 Å². The van der Waals surface area contributed by atoms with E-state index in [9.17, 15) is 4.79 Å². The molecule has 0 aliphatic rings. The highest BCUT2D eigenvalue weighted by Gasteiger charge is 2.21. The number of rotatable bonds is 5. The first-order valence-corrected chi connectivity index (χ1v) is 8.78. The molecular formula is C21H19N3O3. The molecule has 0 saturated heterocycles. The Morgan fingerprint density at radius 3 is 2.74 bits per heavy atom. The van der Waals surface area contributed by atoms with Crippen LogP contribution in [0.15, 0.2) is 57.5 Å². The van der Waals surface area contributed by atoms with Crippen molar-refractivity contribution in [3.63, 3.8) is 0 Å². The van der Waals surface area contributed by atoms with E-state index in [1.807, 2.05) is 56.3 Å². The monoisotopic (exact) mass is 361 g/mol. The second-order valence-corrected chi connectivity index (χ2v) is 6.47. The van der Waals surface area contributed by atoms with Gasteiger partial charge in [-0.3, -0.25) is 4.79 Å². The van der Waals surface area contributed by atoms with E-state index in [0.29, 0.717) is 12.3 Å². The fraction of sp³-hybridized carbons (Fsp3) is 0.190. The van der Waals surface area contributed by atoms with Gasteiger partial charge in [0.1, 0.15) is 5.58 Å². The predicted octanol–water partition coefficient (Wildman–Crippen LogP) is 4.07. The second-order valence-electron chi connectivity index (χ2n) is 6.47. The molecular weight excluding hydrogens is 342 g/mol. The molecule has 1 N–H and O–H groups in total. The van der Waals surface area contributed by atoms with Crippen molar-refractivity contribution in [2.75, 3.05) is 6.54 Å². The number of carbonyl (C=O) groups excluding carboxylic acids is 1. The van der Waals surface area contributed by atoms with Gasteiger partial charge in [-0.15, -0.1) is 0 Å². The summed E-state index contributed by atoms with van der Waals surface area (Å²) in [6.07, 6.45) is 0.732. The van der Waals surface area contributed by atoms with Gasteiger partial charge in [0.25, 0.3) is 0 Å². The number of benzene rings is 2. The van der Waals surface area contributed by atoms with Crippen molar-refractivity contribution < 1.29 is 13.7 Å². The van der Waals surface area contributed by atoms with Crippen LogP contribution >= 0.6 is 0 Å². The maximum atomic E-state index is 12.2. The van der Waals surface area contributed by atoms with E-state index in [0.717, 1.165) is 34.1 Å². The Morgan fingerprint density at radius 1 is 1.11 bits per heavy atom. The number of hydrogen-bond donors (Lipinski definition) is 1. The van der Waals surface area contributed by atoms with Gasteiger partial charge in [0, 0.05) is 17.5 Å². The first-order valence-electron chi connectivity index (χ1n) is 8.78. The second kappa shape index (κ2) is 7.07. The summed E-state index contributed by atoms with van der Waals surface area (Å²) in [4.78, 5) is 16.4. The smallest absolute Gasteiger partial charge is 0.316 e. The molecule has 2 aromatic heterocycles. The summed E-state index contributed by atoms with van der Waals surface area (Å²) in [7, 11) is 0. The molecule has 136 valence electrons. The molecule has 27 heavy (non-hydrogen) atoms. The van der Waals surface area contributed by atoms with Crippen LogP contribution in [0, 0.1) is 13.8 Å². The molecule has 0 radical (unpaired) electrons. The third kappa shape index (κ3) is 3.46. The largest absolute Gasteiger partial charge is 0.452 e. The fourth-order valence-electron chi connectivity index (χ4n) is 3.00. The molecule has 2 heterocycles. The third-order valence-corrected chi connectivity index (χ3v) is 4.46. The number of furan rings is 1. The number of aromatic nitrogens is 2. The molecule has 6 nitrogen and oxygen atoms in total. The summed E-state index contributed by atoms with van der Waals surface area (Å²) in [5, 5.41) is 7.71. The van der Waals surface area contributed by atoms with Crippen LogP contribution in [0.2, 0.25) is 0 Å². The predicted molar refractivity (Wildman–Crippen MR) is 101 cm³/mol. The first-order chi connectivity index (χ1) is 13.1. The van der Waals surface area contributed by atoms with E-state index in [4.69, 9.17) is 8.94 Å². The Kier molecular flexibility index (Phi) is 4.46. The summed E-state index contributed by atoms with van der Waals surface area (Å²) in [5.41, 5.74) is 3.97. The first kappa shape index (κ1) is 17.0. The van der Waals surface area contributed by atoms with E-state index >= 15 is 0 Å². The maximum Gasteiger partial charge on any atom is 0.316 e. The number of aryl methyl sites for hydroxylation is 2. The van der Waals surface area contributed by atoms with Gasteiger partial charge in [-0.25, -0.2) is 0 Å². The lowest BCUT2D eigenvalue weighted by molar-refractivity contribution is 0.0910. The van der Waals surface area contributed by atoms with Crippen LogP contribution in [0.4, 0.5) is 0 Å². The van der Waals surface area contributed by atoms with Crippen LogP contribution in [0.5, 0.6) is 0 Å². The number of hydrogen-bond acceptors (Lipinski definition) is 5. The number of amides is 1. The Bertz CT molecular complexity index is 1100. The van der Waals surface area contributed by atoms with Crippen LogP contribution in [0.25, 0.3) is 22.6 Å². The van der Waals surface area contributed by atoms with Gasteiger partial charge in [0.15, 0.2) is 5.76 Å². The lowest BCUT2D eigenvalue weighted by atomic mass is 10.1. The van der Waals surface area contributed by atoms with Crippen LogP contribution in [-0.2, 0) is 6.42 Å². The average Bonchev–Trinajstić information content (AvgIpc) is 3.28. The van der Waals surface area contributed by atoms with E-state index in [-0.39, 0.29) is 11.7 Å². The van der Waals surface area contributed by atoms with Gasteiger partial charge in [-0.05, 0) is 38.0 Å². The minimum absolute atomic E-state index is 0.0749. The molecule has 1 amide bonds. The summed E-state index contributed by atoms with van der Waals surface area (Å²) in [6.45, 7) is 4.46. The Labute approximate surface area is 156 Å². The minimum Gasteiger partial charge on any atom is -0.452 e. The van der Waals surface area contributed by atoms with Gasteiger partial charge in [-0.1, -0.05) is 47.1 Å². The number of nitrogens with one attached hydrogen (secondary N) is 1. The molecule has 4 rings (SSSR count). The Hall–Kier alpha value is -3.41. The van der Waals surface area contributed by atoms with Crippen molar-refractivity contribution in [1.29, 1.82) is 0 Å². The molecule has 6 heteroatoms. The van der Waals surface area contributed by atoms with Crippen molar-refractivity contribution in [3.05, 3.63) is 71.1 Å². The van der Waals surface area contributed by atoms with Crippen molar-refractivity contribution in [3.8, 4) is 11.6 Å². The van der Waals surface area contributed by atoms with Crippen molar-refractivity contribution in [1.82, 2.24) is 15.5 Å². The van der Waals surface area contributed by atoms with Crippen LogP contribution in [-0.4, -0.2) is 22.6 Å². The highest BCUT2D eigenvalue weighted by molar-refractivity contribution is 5.90. The quantitative estimate of drug-likeness (QED) is 0.579. The highest BCUT2D eigenvalue weighted by atomic mass is 16.5. The molecule has 0 bridgehead atoms. The third-order valence-electron chi connectivity index (χ3n) is 4.46. The fourth-order valence-corrected chi connectivity index (χ4v) is 3.00. The normalized spacial score (nSPS) is 11.0. The number of nitrogens with zero attached hydrogens (tertiary/aromatic N) is 2. The summed E-state index contributed by atoms with van der Waals surface area (Å²) >= 11 is 0. The van der Waals surface area contributed by atoms with Gasteiger partial charge >= 0.3 is 11.8 Å². The van der Waals surface area contributed by atoms with Crippen molar-refractivity contribution >= 4 is 16.9 Å². The van der Waals surface area contributed by atoms with Crippen LogP contribution < -0.4 is 5.32 Å². The Morgan fingerprint density at radius 2 is 1.93 bits per heavy atom. The number of carbonyl (C=O) groups is 1. The molecule has 0 unspecified atom stereocenters. The molecule has 0 spiro atoms. The Balaban J connectivity index is 1.48. The summed E-state index contributed by atoms with van der Waals surface area (Å²) in [6, 6.07) is 15.9. The highest BCUT2D eigenvalue weighted by Crippen LogP contribution is 2.31. The lowest BCUT2D eigenvalue weighted by Crippen LogP contribution is -2.25. The standard InChI is InChI=1S/C21H19N3O3/c1-13-8-9-17-16(12-13)14(2)18(26-17)19-23-21(27-24-19)20(25)22-11-10-15-6-4-3-5-7-15/h3-9,12H,10-11H2,1-2H3,(H,22,25). The maximum absolute atomic E-state index is 12.2. The summed E-state index contributed by atoms with van der Waals surface area (Å²) in [5.74, 6) is 0.320. The molecule has 0 aliphatic carbocycles. The van der Waals surface area contributed by atoms with E-state index in [1.165, 1.54) is 0 Å². The lowest BCUT2D eigenvalue weighted by Gasteiger charge is -2.02. The zero-order chi connectivity index (χ0) is 18.8. The molecule has 0 saturated carbocycles. The van der Waals surface area contributed by atoms with Gasteiger partial charge in [0.2, 0.25) is 5.82 Å². The van der Waals surface area contributed by atoms with Gasteiger partial charge in [0.05, 0.1) is 0 Å². The molecule has 2 aromatic carbocycles. The SMILES string of the molecule is Cc1ccc2oc(-c3noc(C(=O)NCCc4ccccc4)n3)c(C)c2c1. The van der Waals surface area contributed by atoms with Crippen LogP contribution in [0.3, 0.4) is 0 Å². The van der Waals surface area contributed by atoms with E-state index < -0.39 is 5.91 Å². The van der Waals surface area contributed by atoms with Crippen molar-refractivity contribution in [2.45, 2.75) is 20.3 Å². The topological polar surface area (TPSA) is 81.2 Å². The van der Waals surface area contributed by atoms with E-state index in [2.05, 4.69) is 21.5 Å².